The molecule has 0 saturated carbocycles. The number of aliphatic hydroxyl groups is 2. The van der Waals surface area contributed by atoms with E-state index in [1.54, 1.807) is 24.3 Å². The summed E-state index contributed by atoms with van der Waals surface area (Å²) in [5, 5.41) is 21.1. The Balaban J connectivity index is 1.82. The maximum absolute atomic E-state index is 12.8. The summed E-state index contributed by atoms with van der Waals surface area (Å²) in [6.07, 6.45) is 1.86. The highest BCUT2D eigenvalue weighted by Crippen LogP contribution is 2.16. The van der Waals surface area contributed by atoms with Crippen molar-refractivity contribution < 1.29 is 24.4 Å². The lowest BCUT2D eigenvalue weighted by Gasteiger charge is -2.22. The number of rotatable bonds is 9. The number of nitrogen functional groups attached to an aromatic ring is 1. The number of benzene rings is 2. The molecule has 0 saturated heterocycles. The van der Waals surface area contributed by atoms with Crippen molar-refractivity contribution in [3.05, 3.63) is 88.6 Å². The number of anilines is 2. The summed E-state index contributed by atoms with van der Waals surface area (Å²) in [6, 6.07) is 15.8. The van der Waals surface area contributed by atoms with Crippen LogP contribution in [0.15, 0.2) is 65.2 Å². The van der Waals surface area contributed by atoms with Crippen molar-refractivity contribution >= 4 is 33.4 Å². The van der Waals surface area contributed by atoms with Crippen LogP contribution in [0.25, 0.3) is 0 Å². The average Bonchev–Trinajstić information content (AvgIpc) is 2.90. The van der Waals surface area contributed by atoms with Crippen molar-refractivity contribution in [2.75, 3.05) is 35.8 Å². The lowest BCUT2D eigenvalue weighted by molar-refractivity contribution is 0.100. The van der Waals surface area contributed by atoms with Gasteiger partial charge >= 0.3 is 0 Å². The Morgan fingerprint density at radius 1 is 1.00 bits per heavy atom. The highest BCUT2D eigenvalue weighted by Gasteiger charge is 2.15. The second-order valence-electron chi connectivity index (χ2n) is 8.70. The van der Waals surface area contributed by atoms with Crippen molar-refractivity contribution in [1.29, 1.82) is 0 Å². The molecule has 0 radical (unpaired) electrons. The summed E-state index contributed by atoms with van der Waals surface area (Å²) < 4.78 is 14.9. The van der Waals surface area contributed by atoms with Crippen LogP contribution in [-0.2, 0) is 10.1 Å². The topological polar surface area (TPSA) is 158 Å². The number of carbonyl (C=O) groups excluding carboxylic acids is 2. The molecule has 0 aliphatic rings. The minimum atomic E-state index is -3.03. The van der Waals surface area contributed by atoms with Crippen LogP contribution in [-0.4, -0.2) is 56.3 Å². The molecule has 2 aromatic carbocycles. The zero-order valence-corrected chi connectivity index (χ0v) is 22.0. The Morgan fingerprint density at radius 3 is 2.39 bits per heavy atom. The number of hydrogen-bond donors (Lipinski definition) is 6. The van der Waals surface area contributed by atoms with Crippen molar-refractivity contribution in [2.24, 2.45) is 4.36 Å². The van der Waals surface area contributed by atoms with Gasteiger partial charge in [0.15, 0.2) is 0 Å². The van der Waals surface area contributed by atoms with Gasteiger partial charge in [-0.1, -0.05) is 30.0 Å². The van der Waals surface area contributed by atoms with Crippen LogP contribution in [0.4, 0.5) is 11.5 Å². The Labute approximate surface area is 223 Å². The first-order valence-corrected chi connectivity index (χ1v) is 14.1. The first kappa shape index (κ1) is 28.7. The SMILES string of the molecule is Cc1cccc(NC(=O)c2cccc(C#Cc3cc(C(=O)N=[SH](O)(CCCO)CCCO)cnc3N)c2)c1. The van der Waals surface area contributed by atoms with Crippen molar-refractivity contribution in [3.8, 4) is 11.8 Å². The Hall–Kier alpha value is -3.88. The lowest BCUT2D eigenvalue weighted by atomic mass is 10.1. The molecular weight excluding hydrogens is 504 g/mol. The van der Waals surface area contributed by atoms with Gasteiger partial charge in [0.05, 0.1) is 11.1 Å². The molecule has 1 aromatic heterocycles. The number of nitrogens with zero attached hydrogens (tertiary/aromatic N) is 2. The molecular formula is C28H32N4O5S. The number of thiol groups is 1. The molecule has 0 spiro atoms. The molecule has 2 amide bonds. The van der Waals surface area contributed by atoms with Crippen molar-refractivity contribution in [2.45, 2.75) is 19.8 Å². The standard InChI is InChI=1S/C28H32N4O5S/c1-20-6-2-9-25(16-20)31-27(35)23-8-3-7-21(17-23)10-11-22-18-24(19-30-26(22)29)28(36)32-38(37,14-4-12-33)15-5-13-34/h2-3,6-9,16-19,33-34,38H,4-5,12-15H2,1H3,(H2,29,30)(H,31,35)(H,32,36,37). The van der Waals surface area contributed by atoms with Crippen LogP contribution in [0.5, 0.6) is 0 Å². The molecule has 0 atom stereocenters. The van der Waals surface area contributed by atoms with Gasteiger partial charge in [-0.25, -0.2) is 4.98 Å². The zero-order chi connectivity index (χ0) is 27.5. The number of pyridine rings is 1. The quantitative estimate of drug-likeness (QED) is 0.181. The van der Waals surface area contributed by atoms with E-state index in [-0.39, 0.29) is 42.0 Å². The van der Waals surface area contributed by atoms with Crippen LogP contribution in [0, 0.1) is 18.8 Å². The smallest absolute Gasteiger partial charge is 0.284 e. The highest BCUT2D eigenvalue weighted by atomic mass is 32.3. The molecule has 10 heteroatoms. The maximum atomic E-state index is 12.8. The van der Waals surface area contributed by atoms with E-state index in [9.17, 15) is 14.1 Å². The molecule has 0 fully saturated rings. The van der Waals surface area contributed by atoms with E-state index in [4.69, 9.17) is 15.9 Å². The van der Waals surface area contributed by atoms with Crippen LogP contribution < -0.4 is 11.1 Å². The van der Waals surface area contributed by atoms with Gasteiger partial charge in [0.1, 0.15) is 5.82 Å². The average molecular weight is 537 g/mol. The van der Waals surface area contributed by atoms with Crippen LogP contribution in [0.1, 0.15) is 50.2 Å². The van der Waals surface area contributed by atoms with E-state index >= 15 is 0 Å². The molecule has 0 aliphatic carbocycles. The molecule has 0 bridgehead atoms. The van der Waals surface area contributed by atoms with Crippen LogP contribution in [0.2, 0.25) is 0 Å². The third-order valence-electron chi connectivity index (χ3n) is 5.53. The molecule has 1 heterocycles. The fourth-order valence-corrected chi connectivity index (χ4v) is 5.76. The second-order valence-corrected chi connectivity index (χ2v) is 11.5. The summed E-state index contributed by atoms with van der Waals surface area (Å²) in [4.78, 5) is 29.6. The molecule has 200 valence electrons. The van der Waals surface area contributed by atoms with E-state index < -0.39 is 16.0 Å². The normalized spacial score (nSPS) is 11.3. The maximum Gasteiger partial charge on any atom is 0.284 e. The first-order valence-electron chi connectivity index (χ1n) is 12.1. The fraction of sp³-hybridized carbons (Fsp3) is 0.250. The molecule has 3 aromatic rings. The minimum Gasteiger partial charge on any atom is -0.396 e. The van der Waals surface area contributed by atoms with Crippen LogP contribution in [0.3, 0.4) is 0 Å². The monoisotopic (exact) mass is 536 g/mol. The van der Waals surface area contributed by atoms with Crippen molar-refractivity contribution in [1.82, 2.24) is 4.98 Å². The van der Waals surface area contributed by atoms with Gasteiger partial charge in [0.25, 0.3) is 11.8 Å². The lowest BCUT2D eigenvalue weighted by Crippen LogP contribution is -2.23. The third-order valence-corrected chi connectivity index (χ3v) is 8.15. The number of aryl methyl sites for hydroxylation is 1. The van der Waals surface area contributed by atoms with Crippen LogP contribution >= 0.6 is 0 Å². The molecule has 0 unspecified atom stereocenters. The predicted octanol–water partition coefficient (Wildman–Crippen LogP) is 3.07. The molecule has 6 N–H and O–H groups in total. The van der Waals surface area contributed by atoms with Gasteiger partial charge in [0, 0.05) is 47.7 Å². The van der Waals surface area contributed by atoms with Gasteiger partial charge in [-0.15, -0.1) is 10.1 Å². The van der Waals surface area contributed by atoms with Gasteiger partial charge in [-0.05, 0) is 61.7 Å². The van der Waals surface area contributed by atoms with E-state index in [1.807, 2.05) is 31.2 Å². The summed E-state index contributed by atoms with van der Waals surface area (Å²) in [5.74, 6) is 5.39. The Kier molecular flexibility index (Phi) is 10.3. The molecule has 9 nitrogen and oxygen atoms in total. The van der Waals surface area contributed by atoms with Gasteiger partial charge < -0.3 is 25.8 Å². The number of carbonyl (C=O) groups is 2. The molecule has 38 heavy (non-hydrogen) atoms. The number of amides is 2. The number of nitrogens with one attached hydrogen (secondary N) is 1. The second kappa shape index (κ2) is 13.6. The van der Waals surface area contributed by atoms with Crippen molar-refractivity contribution in [3.63, 3.8) is 0 Å². The van der Waals surface area contributed by atoms with E-state index in [1.165, 1.54) is 12.3 Å². The molecule has 3 rings (SSSR count). The zero-order valence-electron chi connectivity index (χ0n) is 21.1. The Bertz CT molecular complexity index is 1420. The Morgan fingerprint density at radius 2 is 1.71 bits per heavy atom. The molecule has 0 aliphatic heterocycles. The summed E-state index contributed by atoms with van der Waals surface area (Å²) in [5.41, 5.74) is 9.11. The van der Waals surface area contributed by atoms with E-state index in [0.29, 0.717) is 35.2 Å². The number of aliphatic hydroxyl groups excluding tert-OH is 2. The number of aromatic nitrogens is 1. The summed E-state index contributed by atoms with van der Waals surface area (Å²) in [6.45, 7) is 1.67. The first-order chi connectivity index (χ1) is 18.2. The van der Waals surface area contributed by atoms with E-state index in [2.05, 4.69) is 26.5 Å². The fourth-order valence-electron chi connectivity index (χ4n) is 3.58. The third kappa shape index (κ3) is 8.33. The summed E-state index contributed by atoms with van der Waals surface area (Å²) >= 11 is 0. The van der Waals surface area contributed by atoms with E-state index in [0.717, 1.165) is 5.56 Å². The minimum absolute atomic E-state index is 0.112. The van der Waals surface area contributed by atoms with Gasteiger partial charge in [-0.3, -0.25) is 9.59 Å². The summed E-state index contributed by atoms with van der Waals surface area (Å²) in [7, 11) is -3.03. The highest BCUT2D eigenvalue weighted by molar-refractivity contribution is 8.00. The van der Waals surface area contributed by atoms with Gasteiger partial charge in [-0.2, -0.15) is 4.36 Å². The van der Waals surface area contributed by atoms with Gasteiger partial charge in [0.2, 0.25) is 0 Å². The largest absolute Gasteiger partial charge is 0.396 e. The number of nitrogens with two attached hydrogens (primary N) is 1. The number of hydrogen-bond acceptors (Lipinski definition) is 6. The predicted molar refractivity (Wildman–Crippen MR) is 151 cm³/mol.